The molecule has 2 rings (SSSR count). The van der Waals surface area contributed by atoms with E-state index in [1.54, 1.807) is 35.1 Å². The van der Waals surface area contributed by atoms with Crippen LogP contribution in [0.2, 0.25) is 0 Å². The lowest BCUT2D eigenvalue weighted by atomic mass is 10.3. The molecule has 0 aliphatic carbocycles. The first-order valence-corrected chi connectivity index (χ1v) is 9.42. The fraction of sp³-hybridized carbons (Fsp3) is 0.375. The van der Waals surface area contributed by atoms with Gasteiger partial charge in [0.15, 0.2) is 0 Å². The largest absolute Gasteiger partial charge is 0.326 e. The molecule has 1 aromatic carbocycles. The number of hydrogen-bond acceptors (Lipinski definition) is 4. The third kappa shape index (κ3) is 5.69. The highest BCUT2D eigenvalue weighted by Gasteiger charge is 2.09. The van der Waals surface area contributed by atoms with E-state index in [0.29, 0.717) is 30.8 Å². The first-order chi connectivity index (χ1) is 11.4. The van der Waals surface area contributed by atoms with Crippen molar-refractivity contribution in [2.45, 2.75) is 33.2 Å². The topological polar surface area (TPSA) is 93.1 Å². The van der Waals surface area contributed by atoms with Crippen LogP contribution in [0.1, 0.15) is 25.3 Å². The van der Waals surface area contributed by atoms with Crippen LogP contribution in [-0.2, 0) is 21.4 Å². The molecule has 0 bridgehead atoms. The summed E-state index contributed by atoms with van der Waals surface area (Å²) in [6.45, 7) is 4.26. The fourth-order valence-electron chi connectivity index (χ4n) is 2.15. The van der Waals surface area contributed by atoms with Crippen molar-refractivity contribution >= 4 is 27.3 Å². The van der Waals surface area contributed by atoms with Crippen LogP contribution < -0.4 is 10.0 Å². The second-order valence-electron chi connectivity index (χ2n) is 5.58. The monoisotopic (exact) mass is 350 g/mol. The number of benzene rings is 1. The minimum atomic E-state index is -3.30. The highest BCUT2D eigenvalue weighted by Crippen LogP contribution is 2.15. The van der Waals surface area contributed by atoms with Gasteiger partial charge in [0, 0.05) is 30.5 Å². The zero-order valence-electron chi connectivity index (χ0n) is 13.8. The van der Waals surface area contributed by atoms with Gasteiger partial charge in [0.2, 0.25) is 15.9 Å². The van der Waals surface area contributed by atoms with Gasteiger partial charge in [-0.25, -0.2) is 8.42 Å². The van der Waals surface area contributed by atoms with Gasteiger partial charge in [-0.05, 0) is 43.2 Å². The molecule has 0 spiro atoms. The number of carbonyl (C=O) groups is 1. The van der Waals surface area contributed by atoms with Crippen molar-refractivity contribution in [3.8, 4) is 0 Å². The molecular formula is C16H22N4O3S. The van der Waals surface area contributed by atoms with E-state index in [1.165, 1.54) is 0 Å². The summed E-state index contributed by atoms with van der Waals surface area (Å²) in [7, 11) is -3.30. The molecule has 0 saturated carbocycles. The summed E-state index contributed by atoms with van der Waals surface area (Å²) < 4.78 is 27.6. The summed E-state index contributed by atoms with van der Waals surface area (Å²) in [6.07, 6.45) is 4.49. The number of hydrogen-bond donors (Lipinski definition) is 2. The van der Waals surface area contributed by atoms with Gasteiger partial charge in [0.25, 0.3) is 0 Å². The molecule has 1 amide bonds. The van der Waals surface area contributed by atoms with E-state index < -0.39 is 10.0 Å². The Bertz CT molecular complexity index is 782. The normalized spacial score (nSPS) is 11.2. The van der Waals surface area contributed by atoms with Crippen molar-refractivity contribution in [2.75, 3.05) is 15.8 Å². The molecule has 130 valence electrons. The molecule has 0 aliphatic heterocycles. The number of nitrogens with one attached hydrogen (secondary N) is 2. The van der Waals surface area contributed by atoms with Crippen LogP contribution in [-0.4, -0.2) is 29.9 Å². The lowest BCUT2D eigenvalue weighted by Crippen LogP contribution is -2.16. The minimum Gasteiger partial charge on any atom is -0.326 e. The van der Waals surface area contributed by atoms with Gasteiger partial charge in [-0.2, -0.15) is 5.10 Å². The van der Waals surface area contributed by atoms with E-state index in [-0.39, 0.29) is 11.7 Å². The van der Waals surface area contributed by atoms with Crippen molar-refractivity contribution in [1.82, 2.24) is 9.78 Å². The summed E-state index contributed by atoms with van der Waals surface area (Å²) in [6, 6.07) is 6.58. The van der Waals surface area contributed by atoms with Crippen LogP contribution >= 0.6 is 0 Å². The van der Waals surface area contributed by atoms with Gasteiger partial charge in [-0.1, -0.05) is 6.92 Å². The summed E-state index contributed by atoms with van der Waals surface area (Å²) >= 11 is 0. The van der Waals surface area contributed by atoms with Crippen LogP contribution in [0.15, 0.2) is 36.7 Å². The number of aromatic nitrogens is 2. The molecule has 7 nitrogen and oxygen atoms in total. The molecule has 1 aromatic heterocycles. The van der Waals surface area contributed by atoms with E-state index in [9.17, 15) is 13.2 Å². The van der Waals surface area contributed by atoms with E-state index in [1.807, 2.05) is 20.0 Å². The number of sulfonamides is 1. The molecule has 24 heavy (non-hydrogen) atoms. The van der Waals surface area contributed by atoms with Crippen LogP contribution in [0.25, 0.3) is 0 Å². The third-order valence-electron chi connectivity index (χ3n) is 3.25. The molecular weight excluding hydrogens is 328 g/mol. The van der Waals surface area contributed by atoms with Crippen LogP contribution in [0, 0.1) is 6.92 Å². The maximum absolute atomic E-state index is 11.9. The van der Waals surface area contributed by atoms with Crippen LogP contribution in [0.4, 0.5) is 11.4 Å². The van der Waals surface area contributed by atoms with Gasteiger partial charge >= 0.3 is 0 Å². The molecule has 2 N–H and O–H groups in total. The Kier molecular flexibility index (Phi) is 5.97. The number of amides is 1. The molecule has 8 heteroatoms. The molecule has 1 heterocycles. The van der Waals surface area contributed by atoms with Gasteiger partial charge < -0.3 is 5.32 Å². The Labute approximate surface area is 142 Å². The number of rotatable bonds is 8. The molecule has 2 aromatic rings. The predicted molar refractivity (Wildman–Crippen MR) is 94.4 cm³/mol. The summed E-state index contributed by atoms with van der Waals surface area (Å²) in [4.78, 5) is 11.9. The van der Waals surface area contributed by atoms with E-state index in [4.69, 9.17) is 0 Å². The van der Waals surface area contributed by atoms with Crippen LogP contribution in [0.5, 0.6) is 0 Å². The van der Waals surface area contributed by atoms with Crippen molar-refractivity contribution < 1.29 is 13.2 Å². The Balaban J connectivity index is 1.85. The number of anilines is 2. The lowest BCUT2D eigenvalue weighted by Gasteiger charge is -2.09. The standard InChI is InChI=1S/C16H22N4O3S/c1-3-10-24(22,23)19-15-6-4-14(5-7-15)18-16(21)8-9-20-12-13(2)11-17-20/h4-7,11-12,19H,3,8-10H2,1-2H3,(H,18,21). The SMILES string of the molecule is CCCS(=O)(=O)Nc1ccc(NC(=O)CCn2cc(C)cn2)cc1. The maximum Gasteiger partial charge on any atom is 0.232 e. The molecule has 0 radical (unpaired) electrons. The quantitative estimate of drug-likeness (QED) is 0.764. The average molecular weight is 350 g/mol. The Hall–Kier alpha value is -2.35. The zero-order chi connectivity index (χ0) is 17.6. The van der Waals surface area contributed by atoms with Crippen LogP contribution in [0.3, 0.4) is 0 Å². The second kappa shape index (κ2) is 7.96. The Morgan fingerprint density at radius 2 is 1.88 bits per heavy atom. The Morgan fingerprint density at radius 1 is 1.21 bits per heavy atom. The molecule has 0 saturated heterocycles. The second-order valence-corrected chi connectivity index (χ2v) is 7.42. The van der Waals surface area contributed by atoms with E-state index >= 15 is 0 Å². The van der Waals surface area contributed by atoms with Gasteiger partial charge in [-0.15, -0.1) is 0 Å². The van der Waals surface area contributed by atoms with E-state index in [2.05, 4.69) is 15.1 Å². The summed E-state index contributed by atoms with van der Waals surface area (Å²) in [5.74, 6) is -0.0410. The average Bonchev–Trinajstić information content (AvgIpc) is 2.92. The smallest absolute Gasteiger partial charge is 0.232 e. The first-order valence-electron chi connectivity index (χ1n) is 7.77. The number of carbonyl (C=O) groups excluding carboxylic acids is 1. The highest BCUT2D eigenvalue weighted by atomic mass is 32.2. The van der Waals surface area contributed by atoms with Crippen molar-refractivity contribution in [3.63, 3.8) is 0 Å². The maximum atomic E-state index is 11.9. The minimum absolute atomic E-state index is 0.0817. The molecule has 0 atom stereocenters. The van der Waals surface area contributed by atoms with Gasteiger partial charge in [0.05, 0.1) is 11.9 Å². The van der Waals surface area contributed by atoms with Crippen molar-refractivity contribution in [1.29, 1.82) is 0 Å². The Morgan fingerprint density at radius 3 is 2.46 bits per heavy atom. The summed E-state index contributed by atoms with van der Waals surface area (Å²) in [5, 5.41) is 6.90. The fourth-order valence-corrected chi connectivity index (χ4v) is 3.28. The number of nitrogens with zero attached hydrogens (tertiary/aromatic N) is 2. The molecule has 0 unspecified atom stereocenters. The van der Waals surface area contributed by atoms with Gasteiger partial charge in [0.1, 0.15) is 0 Å². The van der Waals surface area contributed by atoms with Gasteiger partial charge in [-0.3, -0.25) is 14.2 Å². The number of aryl methyl sites for hydroxylation is 2. The summed E-state index contributed by atoms with van der Waals surface area (Å²) in [5.41, 5.74) is 2.15. The third-order valence-corrected chi connectivity index (χ3v) is 4.74. The first kappa shape index (κ1) is 18.0. The van der Waals surface area contributed by atoms with Crippen molar-refractivity contribution in [2.24, 2.45) is 0 Å². The van der Waals surface area contributed by atoms with E-state index in [0.717, 1.165) is 5.56 Å². The van der Waals surface area contributed by atoms with Crippen molar-refractivity contribution in [3.05, 3.63) is 42.2 Å². The lowest BCUT2D eigenvalue weighted by molar-refractivity contribution is -0.116. The highest BCUT2D eigenvalue weighted by molar-refractivity contribution is 7.92. The molecule has 0 fully saturated rings. The molecule has 0 aliphatic rings. The predicted octanol–water partition coefficient (Wildman–Crippen LogP) is 2.37. The zero-order valence-corrected chi connectivity index (χ0v) is 14.6.